The van der Waals surface area contributed by atoms with Crippen molar-refractivity contribution in [3.8, 4) is 5.75 Å². The standard InChI is InChI=1S/C14H17NO3/c1-4-18-9-5-6-11-10(7-9)12(8(2)3)13(15-11)14(16)17/h5-8,15H,4H2,1-3H3,(H,16,17). The molecule has 1 heterocycles. The Hall–Kier alpha value is -1.97. The van der Waals surface area contributed by atoms with Gasteiger partial charge in [-0.15, -0.1) is 0 Å². The van der Waals surface area contributed by atoms with Crippen LogP contribution in [0.5, 0.6) is 5.75 Å². The lowest BCUT2D eigenvalue weighted by Gasteiger charge is -2.07. The Bertz CT molecular complexity index is 584. The first-order valence-corrected chi connectivity index (χ1v) is 6.06. The number of ether oxygens (including phenoxy) is 1. The van der Waals surface area contributed by atoms with Gasteiger partial charge < -0.3 is 14.8 Å². The summed E-state index contributed by atoms with van der Waals surface area (Å²) < 4.78 is 5.46. The molecule has 96 valence electrons. The lowest BCUT2D eigenvalue weighted by Crippen LogP contribution is -2.02. The third-order valence-corrected chi connectivity index (χ3v) is 2.91. The van der Waals surface area contributed by atoms with E-state index in [2.05, 4.69) is 4.98 Å². The minimum absolute atomic E-state index is 0.140. The zero-order valence-corrected chi connectivity index (χ0v) is 10.8. The molecule has 0 fully saturated rings. The second-order valence-electron chi connectivity index (χ2n) is 4.51. The van der Waals surface area contributed by atoms with Crippen LogP contribution in [0, 0.1) is 0 Å². The van der Waals surface area contributed by atoms with Crippen molar-refractivity contribution in [2.75, 3.05) is 6.61 Å². The molecule has 0 spiro atoms. The Morgan fingerprint density at radius 2 is 2.17 bits per heavy atom. The lowest BCUT2D eigenvalue weighted by molar-refractivity contribution is 0.0690. The summed E-state index contributed by atoms with van der Waals surface area (Å²) in [5, 5.41) is 10.2. The Labute approximate surface area is 106 Å². The summed E-state index contributed by atoms with van der Waals surface area (Å²) in [7, 11) is 0. The van der Waals surface area contributed by atoms with Crippen LogP contribution in [0.1, 0.15) is 42.7 Å². The molecule has 0 aliphatic rings. The summed E-state index contributed by atoms with van der Waals surface area (Å²) >= 11 is 0. The van der Waals surface area contributed by atoms with Crippen LogP contribution in [0.4, 0.5) is 0 Å². The third-order valence-electron chi connectivity index (χ3n) is 2.91. The number of carbonyl (C=O) groups is 1. The summed E-state index contributed by atoms with van der Waals surface area (Å²) in [5.74, 6) is -0.0163. The van der Waals surface area contributed by atoms with Crippen LogP contribution in [0.25, 0.3) is 10.9 Å². The number of aromatic carboxylic acids is 1. The maximum absolute atomic E-state index is 11.2. The van der Waals surface area contributed by atoms with Crippen LogP contribution in [0.15, 0.2) is 18.2 Å². The normalized spacial score (nSPS) is 11.1. The average Bonchev–Trinajstić information content (AvgIpc) is 2.68. The Kier molecular flexibility index (Phi) is 3.28. The quantitative estimate of drug-likeness (QED) is 0.870. The molecule has 4 nitrogen and oxygen atoms in total. The van der Waals surface area contributed by atoms with E-state index in [1.54, 1.807) is 0 Å². The van der Waals surface area contributed by atoms with Crippen LogP contribution in [-0.4, -0.2) is 22.7 Å². The number of aromatic amines is 1. The molecule has 0 saturated heterocycles. The van der Waals surface area contributed by atoms with Gasteiger partial charge in [0, 0.05) is 10.9 Å². The van der Waals surface area contributed by atoms with Crippen molar-refractivity contribution in [1.29, 1.82) is 0 Å². The van der Waals surface area contributed by atoms with Crippen molar-refractivity contribution in [3.05, 3.63) is 29.5 Å². The fraction of sp³-hybridized carbons (Fsp3) is 0.357. The molecule has 1 aromatic carbocycles. The summed E-state index contributed by atoms with van der Waals surface area (Å²) in [6.07, 6.45) is 0. The highest BCUT2D eigenvalue weighted by atomic mass is 16.5. The predicted molar refractivity (Wildman–Crippen MR) is 70.5 cm³/mol. The second-order valence-corrected chi connectivity index (χ2v) is 4.51. The fourth-order valence-electron chi connectivity index (χ4n) is 2.22. The Morgan fingerprint density at radius 3 is 2.72 bits per heavy atom. The van der Waals surface area contributed by atoms with E-state index in [1.165, 1.54) is 0 Å². The molecular formula is C14H17NO3. The average molecular weight is 247 g/mol. The number of hydrogen-bond donors (Lipinski definition) is 2. The van der Waals surface area contributed by atoms with Gasteiger partial charge in [-0.2, -0.15) is 0 Å². The number of carboxylic acids is 1. The topological polar surface area (TPSA) is 62.3 Å². The van der Waals surface area contributed by atoms with Crippen molar-refractivity contribution in [3.63, 3.8) is 0 Å². The monoisotopic (exact) mass is 247 g/mol. The number of aromatic nitrogens is 1. The Balaban J connectivity index is 2.67. The van der Waals surface area contributed by atoms with Crippen molar-refractivity contribution >= 4 is 16.9 Å². The van der Waals surface area contributed by atoms with Gasteiger partial charge in [-0.1, -0.05) is 13.8 Å². The van der Waals surface area contributed by atoms with E-state index in [1.807, 2.05) is 39.0 Å². The number of fused-ring (bicyclic) bond motifs is 1. The van der Waals surface area contributed by atoms with Crippen LogP contribution in [0.3, 0.4) is 0 Å². The van der Waals surface area contributed by atoms with Crippen molar-refractivity contribution in [2.45, 2.75) is 26.7 Å². The number of carboxylic acid groups (broad SMARTS) is 1. The van der Waals surface area contributed by atoms with Crippen LogP contribution in [-0.2, 0) is 0 Å². The van der Waals surface area contributed by atoms with Crippen LogP contribution >= 0.6 is 0 Å². The lowest BCUT2D eigenvalue weighted by atomic mass is 9.99. The van der Waals surface area contributed by atoms with E-state index >= 15 is 0 Å². The van der Waals surface area contributed by atoms with Gasteiger partial charge in [-0.3, -0.25) is 0 Å². The molecule has 2 N–H and O–H groups in total. The minimum Gasteiger partial charge on any atom is -0.494 e. The number of hydrogen-bond acceptors (Lipinski definition) is 2. The van der Waals surface area contributed by atoms with E-state index in [0.29, 0.717) is 6.61 Å². The molecule has 0 amide bonds. The smallest absolute Gasteiger partial charge is 0.352 e. The first-order valence-electron chi connectivity index (χ1n) is 6.06. The van der Waals surface area contributed by atoms with Gasteiger partial charge in [-0.25, -0.2) is 4.79 Å². The molecule has 0 unspecified atom stereocenters. The SMILES string of the molecule is CCOc1ccc2[nH]c(C(=O)O)c(C(C)C)c2c1. The molecule has 1 aromatic heterocycles. The highest BCUT2D eigenvalue weighted by Crippen LogP contribution is 2.31. The number of rotatable bonds is 4. The van der Waals surface area contributed by atoms with E-state index < -0.39 is 5.97 Å². The molecule has 2 rings (SSSR count). The largest absolute Gasteiger partial charge is 0.494 e. The molecule has 0 aliphatic heterocycles. The van der Waals surface area contributed by atoms with Gasteiger partial charge in [0.25, 0.3) is 0 Å². The molecular weight excluding hydrogens is 230 g/mol. The van der Waals surface area contributed by atoms with E-state index in [9.17, 15) is 9.90 Å². The highest BCUT2D eigenvalue weighted by Gasteiger charge is 2.19. The molecule has 4 heteroatoms. The second kappa shape index (κ2) is 4.72. The zero-order valence-electron chi connectivity index (χ0n) is 10.8. The molecule has 0 bridgehead atoms. The minimum atomic E-state index is -0.923. The van der Waals surface area contributed by atoms with Gasteiger partial charge in [0.1, 0.15) is 11.4 Å². The van der Waals surface area contributed by atoms with Gasteiger partial charge >= 0.3 is 5.97 Å². The van der Waals surface area contributed by atoms with E-state index in [-0.39, 0.29) is 11.6 Å². The first kappa shape index (κ1) is 12.5. The summed E-state index contributed by atoms with van der Waals surface area (Å²) in [6, 6.07) is 5.60. The maximum Gasteiger partial charge on any atom is 0.352 e. The molecule has 0 radical (unpaired) electrons. The van der Waals surface area contributed by atoms with Gasteiger partial charge in [0.2, 0.25) is 0 Å². The maximum atomic E-state index is 11.2. The number of nitrogens with one attached hydrogen (secondary N) is 1. The van der Waals surface area contributed by atoms with Gasteiger partial charge in [-0.05, 0) is 36.6 Å². The molecule has 0 aliphatic carbocycles. The molecule has 0 atom stereocenters. The molecule has 18 heavy (non-hydrogen) atoms. The predicted octanol–water partition coefficient (Wildman–Crippen LogP) is 3.39. The third kappa shape index (κ3) is 2.06. The summed E-state index contributed by atoms with van der Waals surface area (Å²) in [6.45, 7) is 6.50. The zero-order chi connectivity index (χ0) is 13.3. The molecule has 2 aromatic rings. The summed E-state index contributed by atoms with van der Waals surface area (Å²) in [4.78, 5) is 14.2. The number of benzene rings is 1. The first-order chi connectivity index (χ1) is 8.54. The van der Waals surface area contributed by atoms with Crippen molar-refractivity contribution in [2.24, 2.45) is 0 Å². The van der Waals surface area contributed by atoms with Crippen molar-refractivity contribution < 1.29 is 14.6 Å². The van der Waals surface area contributed by atoms with Crippen molar-refractivity contribution in [1.82, 2.24) is 4.98 Å². The van der Waals surface area contributed by atoms with Gasteiger partial charge in [0.15, 0.2) is 0 Å². The van der Waals surface area contributed by atoms with E-state index in [4.69, 9.17) is 4.74 Å². The van der Waals surface area contributed by atoms with Crippen LogP contribution in [0.2, 0.25) is 0 Å². The Morgan fingerprint density at radius 1 is 1.44 bits per heavy atom. The molecule has 0 saturated carbocycles. The van der Waals surface area contributed by atoms with Gasteiger partial charge in [0.05, 0.1) is 6.61 Å². The van der Waals surface area contributed by atoms with Crippen LogP contribution < -0.4 is 4.74 Å². The number of H-pyrrole nitrogens is 1. The van der Waals surface area contributed by atoms with E-state index in [0.717, 1.165) is 22.2 Å². The highest BCUT2D eigenvalue weighted by molar-refractivity contribution is 5.98. The fourth-order valence-corrected chi connectivity index (χ4v) is 2.22. The summed E-state index contributed by atoms with van der Waals surface area (Å²) in [5.41, 5.74) is 1.94.